The van der Waals surface area contributed by atoms with Gasteiger partial charge in [0.15, 0.2) is 0 Å². The Morgan fingerprint density at radius 3 is 1.92 bits per heavy atom. The van der Waals surface area contributed by atoms with Crippen molar-refractivity contribution in [3.8, 4) is 0 Å². The number of hydrogen-bond acceptors (Lipinski definition) is 7. The van der Waals surface area contributed by atoms with Crippen LogP contribution in [0.1, 0.15) is 82.6 Å². The molecule has 0 aromatic heterocycles. The van der Waals surface area contributed by atoms with E-state index in [1.165, 1.54) is 4.90 Å². The number of nitrogens with one attached hydrogen (secondary N) is 1. The average Bonchev–Trinajstić information content (AvgIpc) is 2.96. The Hall–Kier alpha value is -0.986. The summed E-state index contributed by atoms with van der Waals surface area (Å²) in [6.45, 7) is 22.5. The Balaban J connectivity index is 2.70. The Morgan fingerprint density at radius 2 is 1.50 bits per heavy atom. The lowest BCUT2D eigenvalue weighted by Gasteiger charge is -2.52. The van der Waals surface area contributed by atoms with Crippen LogP contribution in [0.15, 0.2) is 0 Å². The first-order valence-electron chi connectivity index (χ1n) is 13.3. The van der Waals surface area contributed by atoms with E-state index < -0.39 is 53.1 Å². The van der Waals surface area contributed by atoms with Crippen molar-refractivity contribution in [2.24, 2.45) is 0 Å². The summed E-state index contributed by atoms with van der Waals surface area (Å²) in [4.78, 5) is 27.5. The molecule has 0 radical (unpaired) electrons. The van der Waals surface area contributed by atoms with Crippen molar-refractivity contribution in [2.45, 2.75) is 135 Å². The molecule has 0 bridgehead atoms. The number of amides is 2. The van der Waals surface area contributed by atoms with Gasteiger partial charge in [0, 0.05) is 13.5 Å². The number of hydrogen-bond donors (Lipinski definition) is 2. The number of rotatable bonds is 6. The molecule has 2 saturated heterocycles. The summed E-state index contributed by atoms with van der Waals surface area (Å²) >= 11 is 0. The minimum Gasteiger partial charge on any atom is -0.444 e. The van der Waals surface area contributed by atoms with Gasteiger partial charge in [0.25, 0.3) is 0 Å². The van der Waals surface area contributed by atoms with Crippen molar-refractivity contribution in [1.29, 1.82) is 0 Å². The minimum atomic E-state index is -3.00. The fourth-order valence-corrected chi connectivity index (χ4v) is 16.8. The maximum atomic E-state index is 13.5. The van der Waals surface area contributed by atoms with Gasteiger partial charge in [-0.1, -0.05) is 55.4 Å². The molecule has 2 heterocycles. The lowest BCUT2D eigenvalue weighted by atomic mass is 10.1. The van der Waals surface area contributed by atoms with Gasteiger partial charge in [0.2, 0.25) is 5.91 Å². The van der Waals surface area contributed by atoms with Crippen LogP contribution in [0.3, 0.4) is 0 Å². The van der Waals surface area contributed by atoms with E-state index in [1.807, 2.05) is 0 Å². The maximum absolute atomic E-state index is 13.5. The van der Waals surface area contributed by atoms with Gasteiger partial charge >= 0.3 is 23.2 Å². The highest BCUT2D eigenvalue weighted by Gasteiger charge is 2.63. The number of ether oxygens (including phenoxy) is 1. The zero-order valence-corrected chi connectivity index (χ0v) is 26.4. The van der Waals surface area contributed by atoms with Gasteiger partial charge in [-0.15, -0.1) is 0 Å². The van der Waals surface area contributed by atoms with Crippen molar-refractivity contribution in [3.63, 3.8) is 0 Å². The molecule has 2 aliphatic heterocycles. The van der Waals surface area contributed by atoms with E-state index in [2.05, 4.69) is 60.7 Å². The van der Waals surface area contributed by atoms with Crippen LogP contribution in [0.5, 0.6) is 0 Å². The highest BCUT2D eigenvalue weighted by atomic mass is 28.5. The molecule has 0 unspecified atom stereocenters. The van der Waals surface area contributed by atoms with Crippen molar-refractivity contribution in [3.05, 3.63) is 0 Å². The monoisotopic (exact) mass is 546 g/mol. The SMILES string of the molecule is CNC(=O)C[C@@H]1[C@@H](O)[C@@H]2O[Si](C(C)C)(C(C)C)O[Si](C(C)C)(C(C)C)OC[C@H]2N1C(=O)OC(C)(C)C. The third-order valence-electron chi connectivity index (χ3n) is 7.44. The van der Waals surface area contributed by atoms with E-state index in [1.54, 1.807) is 27.8 Å². The molecule has 0 aromatic carbocycles. The second-order valence-corrected chi connectivity index (χ2v) is 21.3. The Kier molecular flexibility index (Phi) is 9.89. The molecular formula is C25H50N2O7Si2. The Bertz CT molecular complexity index is 769. The van der Waals surface area contributed by atoms with Crippen LogP contribution in [-0.4, -0.2) is 82.7 Å². The molecule has 4 atom stereocenters. The van der Waals surface area contributed by atoms with Crippen molar-refractivity contribution < 1.29 is 32.4 Å². The third kappa shape index (κ3) is 6.01. The number of fused-ring (bicyclic) bond motifs is 1. The van der Waals surface area contributed by atoms with Gasteiger partial charge in [0.05, 0.1) is 24.8 Å². The van der Waals surface area contributed by atoms with E-state index in [0.717, 1.165) is 0 Å². The van der Waals surface area contributed by atoms with Gasteiger partial charge < -0.3 is 28.1 Å². The fraction of sp³-hybridized carbons (Fsp3) is 0.920. The van der Waals surface area contributed by atoms with E-state index in [0.29, 0.717) is 0 Å². The highest BCUT2D eigenvalue weighted by Crippen LogP contribution is 2.48. The lowest BCUT2D eigenvalue weighted by molar-refractivity contribution is -0.122. The number of carbonyl (C=O) groups is 2. The molecule has 36 heavy (non-hydrogen) atoms. The zero-order chi connectivity index (χ0) is 27.8. The van der Waals surface area contributed by atoms with Crippen LogP contribution in [0, 0.1) is 0 Å². The number of nitrogens with zero attached hydrogens (tertiary/aromatic N) is 1. The molecule has 11 heteroatoms. The number of carbonyl (C=O) groups excluding carboxylic acids is 2. The molecular weight excluding hydrogens is 496 g/mol. The summed E-state index contributed by atoms with van der Waals surface area (Å²) in [5.74, 6) is -0.275. The van der Waals surface area contributed by atoms with Crippen LogP contribution >= 0.6 is 0 Å². The molecule has 0 saturated carbocycles. The predicted octanol–water partition coefficient (Wildman–Crippen LogP) is 4.43. The van der Waals surface area contributed by atoms with Crippen LogP contribution in [-0.2, 0) is 22.5 Å². The molecule has 2 fully saturated rings. The standard InChI is InChI=1S/C25H50N2O7Si2/c1-15(2)35(16(3)4)31-14-20-23(33-36(34-35,17(5)6)18(7)8)22(29)19(13-21(28)26-12)27(20)24(30)32-25(9,10)11/h15-20,22-23,29H,13-14H2,1-12H3,(H,26,28)/t19-,20-,22-,23-/m1/s1. The van der Waals surface area contributed by atoms with Crippen molar-refractivity contribution in [2.75, 3.05) is 13.7 Å². The average molecular weight is 547 g/mol. The molecule has 0 spiro atoms. The summed E-state index contributed by atoms with van der Waals surface area (Å²) in [7, 11) is -4.30. The third-order valence-corrected chi connectivity index (χ3v) is 17.7. The summed E-state index contributed by atoms with van der Waals surface area (Å²) < 4.78 is 26.7. The van der Waals surface area contributed by atoms with Crippen LogP contribution in [0.4, 0.5) is 4.79 Å². The Morgan fingerprint density at radius 1 is 1.00 bits per heavy atom. The van der Waals surface area contributed by atoms with Gasteiger partial charge in [-0.05, 0) is 42.9 Å². The van der Waals surface area contributed by atoms with Crippen molar-refractivity contribution >= 4 is 29.1 Å². The number of aliphatic hydroxyl groups excluding tert-OH is 1. The van der Waals surface area contributed by atoms with Crippen LogP contribution in [0.2, 0.25) is 22.2 Å². The smallest absolute Gasteiger partial charge is 0.411 e. The molecule has 0 aromatic rings. The zero-order valence-electron chi connectivity index (χ0n) is 24.4. The van der Waals surface area contributed by atoms with E-state index in [4.69, 9.17) is 17.7 Å². The van der Waals surface area contributed by atoms with Crippen LogP contribution < -0.4 is 5.32 Å². The summed E-state index contributed by atoms with van der Waals surface area (Å²) in [5.41, 5.74) is -0.309. The van der Waals surface area contributed by atoms with Gasteiger partial charge in [-0.2, -0.15) is 0 Å². The first kappa shape index (κ1) is 31.2. The summed E-state index contributed by atoms with van der Waals surface area (Å²) in [6, 6.07) is -1.42. The summed E-state index contributed by atoms with van der Waals surface area (Å²) in [6.07, 6.45) is -2.50. The van der Waals surface area contributed by atoms with E-state index >= 15 is 0 Å². The normalized spacial score (nSPS) is 28.3. The van der Waals surface area contributed by atoms with E-state index in [9.17, 15) is 14.7 Å². The first-order valence-corrected chi connectivity index (χ1v) is 17.3. The topological polar surface area (TPSA) is 107 Å². The number of likely N-dealkylation sites (tertiary alicyclic amines) is 1. The molecule has 210 valence electrons. The quantitative estimate of drug-likeness (QED) is 0.475. The number of aliphatic hydroxyl groups is 1. The lowest BCUT2D eigenvalue weighted by Crippen LogP contribution is -2.66. The first-order chi connectivity index (χ1) is 16.4. The molecule has 0 aliphatic carbocycles. The highest BCUT2D eigenvalue weighted by molar-refractivity contribution is 6.84. The van der Waals surface area contributed by atoms with Gasteiger partial charge in [0.1, 0.15) is 11.7 Å². The second kappa shape index (κ2) is 11.4. The van der Waals surface area contributed by atoms with Crippen molar-refractivity contribution in [1.82, 2.24) is 10.2 Å². The maximum Gasteiger partial charge on any atom is 0.411 e. The molecule has 2 amide bonds. The second-order valence-electron chi connectivity index (χ2n) is 12.4. The van der Waals surface area contributed by atoms with Gasteiger partial charge in [-0.25, -0.2) is 4.79 Å². The largest absolute Gasteiger partial charge is 0.444 e. The summed E-state index contributed by atoms with van der Waals surface area (Å²) in [5, 5.41) is 14.2. The minimum absolute atomic E-state index is 0.0665. The fourth-order valence-electron chi connectivity index (χ4n) is 5.58. The predicted molar refractivity (Wildman–Crippen MR) is 144 cm³/mol. The molecule has 2 rings (SSSR count). The van der Waals surface area contributed by atoms with E-state index in [-0.39, 0.29) is 41.1 Å². The molecule has 2 N–H and O–H groups in total. The molecule has 2 aliphatic rings. The molecule has 9 nitrogen and oxygen atoms in total. The van der Waals surface area contributed by atoms with Gasteiger partial charge in [-0.3, -0.25) is 9.69 Å². The van der Waals surface area contributed by atoms with Crippen LogP contribution in [0.25, 0.3) is 0 Å². The Labute approximate surface area is 220 Å².